The standard InChI is InChI=1S/C13H14O4S/c1-8-7-11(15)12(13(16)17-8)10(14)5-4-9-3-2-6-18-9/h2-3,6,8,14H,4-5,7H2,1H3/b12-10+/t8-/m1/s1. The third kappa shape index (κ3) is 2.79. The highest BCUT2D eigenvalue weighted by Crippen LogP contribution is 2.21. The van der Waals surface area contributed by atoms with Crippen LogP contribution in [0.15, 0.2) is 28.8 Å². The lowest BCUT2D eigenvalue weighted by Crippen LogP contribution is -2.31. The molecule has 0 spiro atoms. The van der Waals surface area contributed by atoms with E-state index >= 15 is 0 Å². The molecule has 1 saturated heterocycles. The zero-order valence-corrected chi connectivity index (χ0v) is 10.8. The van der Waals surface area contributed by atoms with Crippen LogP contribution in [-0.2, 0) is 20.7 Å². The van der Waals surface area contributed by atoms with Gasteiger partial charge in [-0.05, 0) is 24.8 Å². The molecule has 5 heteroatoms. The summed E-state index contributed by atoms with van der Waals surface area (Å²) in [6.07, 6.45) is 0.636. The summed E-state index contributed by atoms with van der Waals surface area (Å²) in [5.41, 5.74) is -0.176. The monoisotopic (exact) mass is 266 g/mol. The van der Waals surface area contributed by atoms with E-state index in [1.165, 1.54) is 0 Å². The Hall–Kier alpha value is -1.62. The van der Waals surface area contributed by atoms with Gasteiger partial charge >= 0.3 is 5.97 Å². The summed E-state index contributed by atoms with van der Waals surface area (Å²) >= 11 is 1.58. The van der Waals surface area contributed by atoms with E-state index in [4.69, 9.17) is 4.74 Å². The average Bonchev–Trinajstić information content (AvgIpc) is 2.77. The Labute approximate surface area is 109 Å². The fraction of sp³-hybridized carbons (Fsp3) is 0.385. The molecule has 1 N–H and O–H groups in total. The van der Waals surface area contributed by atoms with Gasteiger partial charge in [-0.1, -0.05) is 6.07 Å². The Balaban J connectivity index is 2.09. The van der Waals surface area contributed by atoms with Crippen molar-refractivity contribution in [2.24, 2.45) is 0 Å². The van der Waals surface area contributed by atoms with Gasteiger partial charge in [0.15, 0.2) is 5.78 Å². The van der Waals surface area contributed by atoms with Crippen molar-refractivity contribution in [3.63, 3.8) is 0 Å². The Bertz CT molecular complexity index is 467. The summed E-state index contributed by atoms with van der Waals surface area (Å²) in [5, 5.41) is 11.8. The van der Waals surface area contributed by atoms with Crippen LogP contribution < -0.4 is 0 Å². The average molecular weight is 266 g/mol. The lowest BCUT2D eigenvalue weighted by atomic mass is 10.00. The molecular weight excluding hydrogens is 252 g/mol. The summed E-state index contributed by atoms with van der Waals surface area (Å²) < 4.78 is 4.95. The number of aryl methyl sites for hydroxylation is 1. The molecule has 4 nitrogen and oxygen atoms in total. The number of aliphatic hydroxyl groups is 1. The highest BCUT2D eigenvalue weighted by molar-refractivity contribution is 7.09. The molecule has 0 radical (unpaired) electrons. The van der Waals surface area contributed by atoms with E-state index in [0.29, 0.717) is 6.42 Å². The van der Waals surface area contributed by atoms with E-state index in [0.717, 1.165) is 4.88 Å². The molecule has 1 fully saturated rings. The second-order valence-electron chi connectivity index (χ2n) is 4.24. The highest BCUT2D eigenvalue weighted by atomic mass is 32.1. The first kappa shape index (κ1) is 12.8. The Morgan fingerprint density at radius 2 is 2.33 bits per heavy atom. The predicted octanol–water partition coefficient (Wildman–Crippen LogP) is 2.40. The number of carbonyl (C=O) groups excluding carboxylic acids is 2. The maximum Gasteiger partial charge on any atom is 0.345 e. The molecule has 2 heterocycles. The minimum absolute atomic E-state index is 0.143. The maximum atomic E-state index is 11.7. The van der Waals surface area contributed by atoms with Crippen LogP contribution in [0.5, 0.6) is 0 Å². The quantitative estimate of drug-likeness (QED) is 0.395. The third-order valence-corrected chi connectivity index (χ3v) is 3.68. The molecular formula is C13H14O4S. The zero-order chi connectivity index (χ0) is 13.1. The first-order valence-corrected chi connectivity index (χ1v) is 6.64. The molecule has 0 amide bonds. The second kappa shape index (κ2) is 5.35. The van der Waals surface area contributed by atoms with E-state index in [2.05, 4.69) is 0 Å². The normalized spacial score (nSPS) is 22.8. The molecule has 1 aromatic heterocycles. The van der Waals surface area contributed by atoms with Gasteiger partial charge in [0.25, 0.3) is 0 Å². The van der Waals surface area contributed by atoms with Crippen LogP contribution >= 0.6 is 11.3 Å². The van der Waals surface area contributed by atoms with E-state index in [1.54, 1.807) is 18.3 Å². The lowest BCUT2D eigenvalue weighted by molar-refractivity contribution is -0.150. The summed E-state index contributed by atoms with van der Waals surface area (Å²) in [5.74, 6) is -1.20. The van der Waals surface area contributed by atoms with Crippen LogP contribution in [0.25, 0.3) is 0 Å². The number of ketones is 1. The summed E-state index contributed by atoms with van der Waals surface area (Å²) in [4.78, 5) is 24.4. The Morgan fingerprint density at radius 1 is 1.56 bits per heavy atom. The van der Waals surface area contributed by atoms with E-state index in [1.807, 2.05) is 17.5 Å². The van der Waals surface area contributed by atoms with Crippen molar-refractivity contribution in [1.29, 1.82) is 0 Å². The van der Waals surface area contributed by atoms with Crippen LogP contribution in [-0.4, -0.2) is 23.0 Å². The Morgan fingerprint density at radius 3 is 2.94 bits per heavy atom. The van der Waals surface area contributed by atoms with Crippen molar-refractivity contribution in [2.45, 2.75) is 32.3 Å². The van der Waals surface area contributed by atoms with Crippen molar-refractivity contribution in [2.75, 3.05) is 0 Å². The zero-order valence-electron chi connectivity index (χ0n) is 10.0. The molecule has 0 bridgehead atoms. The Kier molecular flexibility index (Phi) is 3.81. The number of allylic oxidation sites excluding steroid dienone is 1. The summed E-state index contributed by atoms with van der Waals surface area (Å²) in [6.45, 7) is 1.66. The summed E-state index contributed by atoms with van der Waals surface area (Å²) in [6, 6.07) is 3.87. The van der Waals surface area contributed by atoms with Crippen LogP contribution in [0.3, 0.4) is 0 Å². The van der Waals surface area contributed by atoms with Gasteiger partial charge in [0.1, 0.15) is 17.4 Å². The second-order valence-corrected chi connectivity index (χ2v) is 5.28. The molecule has 1 aromatic rings. The molecule has 0 saturated carbocycles. The first-order valence-electron chi connectivity index (χ1n) is 5.76. The van der Waals surface area contributed by atoms with Crippen molar-refractivity contribution in [3.8, 4) is 0 Å². The van der Waals surface area contributed by atoms with Gasteiger partial charge in [-0.2, -0.15) is 0 Å². The van der Waals surface area contributed by atoms with Crippen LogP contribution in [0.2, 0.25) is 0 Å². The molecule has 1 aliphatic heterocycles. The van der Waals surface area contributed by atoms with Gasteiger partial charge in [0, 0.05) is 17.7 Å². The van der Waals surface area contributed by atoms with Gasteiger partial charge < -0.3 is 9.84 Å². The SMILES string of the molecule is C[C@@H]1CC(=O)/C(=C(\O)CCc2cccs2)C(=O)O1. The third-order valence-electron chi connectivity index (χ3n) is 2.74. The number of aliphatic hydroxyl groups excluding tert-OH is 1. The maximum absolute atomic E-state index is 11.7. The van der Waals surface area contributed by atoms with Crippen LogP contribution in [0, 0.1) is 0 Å². The molecule has 2 rings (SSSR count). The number of rotatable bonds is 3. The van der Waals surface area contributed by atoms with Crippen LogP contribution in [0.1, 0.15) is 24.6 Å². The van der Waals surface area contributed by atoms with Gasteiger partial charge in [0.2, 0.25) is 0 Å². The van der Waals surface area contributed by atoms with Crippen molar-refractivity contribution in [3.05, 3.63) is 33.7 Å². The number of thiophene rings is 1. The fourth-order valence-corrected chi connectivity index (χ4v) is 2.57. The molecule has 0 aromatic carbocycles. The number of hydrogen-bond acceptors (Lipinski definition) is 5. The molecule has 1 aliphatic rings. The van der Waals surface area contributed by atoms with Crippen molar-refractivity contribution in [1.82, 2.24) is 0 Å². The summed E-state index contributed by atoms with van der Waals surface area (Å²) in [7, 11) is 0. The molecule has 96 valence electrons. The number of esters is 1. The molecule has 1 atom stereocenters. The van der Waals surface area contributed by atoms with Crippen LogP contribution in [0.4, 0.5) is 0 Å². The fourth-order valence-electron chi connectivity index (χ4n) is 1.86. The molecule has 0 aliphatic carbocycles. The first-order chi connectivity index (χ1) is 8.58. The lowest BCUT2D eigenvalue weighted by Gasteiger charge is -2.20. The number of carbonyl (C=O) groups is 2. The molecule has 18 heavy (non-hydrogen) atoms. The van der Waals surface area contributed by atoms with Gasteiger partial charge in [-0.15, -0.1) is 11.3 Å². The smallest absolute Gasteiger partial charge is 0.345 e. The highest BCUT2D eigenvalue weighted by Gasteiger charge is 2.32. The largest absolute Gasteiger partial charge is 0.511 e. The van der Waals surface area contributed by atoms with E-state index in [9.17, 15) is 14.7 Å². The van der Waals surface area contributed by atoms with Crippen molar-refractivity contribution >= 4 is 23.1 Å². The number of Topliss-reactive ketones (excluding diaryl/α,β-unsaturated/α-hetero) is 1. The predicted molar refractivity (Wildman–Crippen MR) is 67.5 cm³/mol. The van der Waals surface area contributed by atoms with Gasteiger partial charge in [-0.3, -0.25) is 4.79 Å². The van der Waals surface area contributed by atoms with Gasteiger partial charge in [0.05, 0.1) is 0 Å². The number of ether oxygens (including phenoxy) is 1. The molecule has 0 unspecified atom stereocenters. The van der Waals surface area contributed by atoms with Gasteiger partial charge in [-0.25, -0.2) is 4.79 Å². The number of cyclic esters (lactones) is 1. The van der Waals surface area contributed by atoms with E-state index in [-0.39, 0.29) is 30.0 Å². The van der Waals surface area contributed by atoms with Crippen molar-refractivity contribution < 1.29 is 19.4 Å². The van der Waals surface area contributed by atoms with E-state index < -0.39 is 12.1 Å². The number of hydrogen-bond donors (Lipinski definition) is 1. The minimum Gasteiger partial charge on any atom is -0.511 e. The topological polar surface area (TPSA) is 63.6 Å². The minimum atomic E-state index is -0.706.